The van der Waals surface area contributed by atoms with E-state index in [2.05, 4.69) is 27.5 Å². The topological polar surface area (TPSA) is 61.0 Å². The number of benzene rings is 2. The van der Waals surface area contributed by atoms with Gasteiger partial charge in [0.15, 0.2) is 5.69 Å². The number of aromatic amines is 1. The van der Waals surface area contributed by atoms with Gasteiger partial charge in [-0.25, -0.2) is 8.78 Å². The zero-order chi connectivity index (χ0) is 19.0. The largest absolute Gasteiger partial charge is 0.348 e. The van der Waals surface area contributed by atoms with E-state index in [0.29, 0.717) is 16.5 Å². The number of hydrogen-bond acceptors (Lipinski definition) is 3. The van der Waals surface area contributed by atoms with E-state index in [1.807, 2.05) is 0 Å². The van der Waals surface area contributed by atoms with Crippen LogP contribution in [0.4, 0.5) is 8.78 Å². The lowest BCUT2D eigenvalue weighted by atomic mass is 10.0. The van der Waals surface area contributed by atoms with E-state index in [1.165, 1.54) is 12.1 Å². The van der Waals surface area contributed by atoms with Gasteiger partial charge in [-0.05, 0) is 62.8 Å². The highest BCUT2D eigenvalue weighted by atomic mass is 19.1. The fourth-order valence-corrected chi connectivity index (χ4v) is 3.48. The Kier molecular flexibility index (Phi) is 4.61. The van der Waals surface area contributed by atoms with E-state index in [4.69, 9.17) is 0 Å². The van der Waals surface area contributed by atoms with Crippen LogP contribution in [-0.4, -0.2) is 47.2 Å². The number of amides is 1. The number of nitrogens with zero attached hydrogens (tertiary/aromatic N) is 2. The molecule has 1 aromatic heterocycles. The lowest BCUT2D eigenvalue weighted by Crippen LogP contribution is -2.43. The summed E-state index contributed by atoms with van der Waals surface area (Å²) in [4.78, 5) is 14.9. The number of carbonyl (C=O) groups excluding carboxylic acids is 1. The Morgan fingerprint density at radius 2 is 1.96 bits per heavy atom. The highest BCUT2D eigenvalue weighted by Crippen LogP contribution is 2.28. The van der Waals surface area contributed by atoms with Crippen LogP contribution in [-0.2, 0) is 0 Å². The Labute approximate surface area is 155 Å². The van der Waals surface area contributed by atoms with Crippen molar-refractivity contribution in [1.82, 2.24) is 20.4 Å². The molecule has 0 radical (unpaired) electrons. The molecule has 4 rings (SSSR count). The summed E-state index contributed by atoms with van der Waals surface area (Å²) < 4.78 is 27.3. The summed E-state index contributed by atoms with van der Waals surface area (Å²) in [6.07, 6.45) is 1.80. The molecular weight excluding hydrogens is 350 g/mol. The number of halogens is 2. The van der Waals surface area contributed by atoms with Gasteiger partial charge in [0.2, 0.25) is 0 Å². The van der Waals surface area contributed by atoms with E-state index in [9.17, 15) is 13.6 Å². The molecule has 2 heterocycles. The molecule has 140 valence electrons. The van der Waals surface area contributed by atoms with Crippen LogP contribution in [0.1, 0.15) is 23.3 Å². The lowest BCUT2D eigenvalue weighted by Gasteiger charge is -2.29. The predicted molar refractivity (Wildman–Crippen MR) is 99.4 cm³/mol. The summed E-state index contributed by atoms with van der Waals surface area (Å²) in [5.74, 6) is -1.51. The van der Waals surface area contributed by atoms with Crippen molar-refractivity contribution >= 4 is 16.8 Å². The van der Waals surface area contributed by atoms with E-state index in [1.54, 1.807) is 18.2 Å². The first-order chi connectivity index (χ1) is 13.0. The molecule has 0 aliphatic carbocycles. The minimum Gasteiger partial charge on any atom is -0.348 e. The Balaban J connectivity index is 1.63. The number of nitrogens with one attached hydrogen (secondary N) is 2. The minimum absolute atomic E-state index is 0.123. The second kappa shape index (κ2) is 7.08. The average molecular weight is 370 g/mol. The molecule has 7 heteroatoms. The molecule has 1 aliphatic rings. The maximum absolute atomic E-state index is 14.1. The van der Waals surface area contributed by atoms with Gasteiger partial charge in [0.1, 0.15) is 11.6 Å². The third-order valence-electron chi connectivity index (χ3n) is 5.07. The van der Waals surface area contributed by atoms with Gasteiger partial charge in [-0.1, -0.05) is 6.07 Å². The van der Waals surface area contributed by atoms with Crippen molar-refractivity contribution in [3.63, 3.8) is 0 Å². The van der Waals surface area contributed by atoms with Gasteiger partial charge < -0.3 is 10.2 Å². The molecule has 5 nitrogen and oxygen atoms in total. The molecule has 0 saturated carbocycles. The van der Waals surface area contributed by atoms with Crippen LogP contribution in [0.3, 0.4) is 0 Å². The monoisotopic (exact) mass is 370 g/mol. The summed E-state index contributed by atoms with van der Waals surface area (Å²) in [6.45, 7) is 1.89. The van der Waals surface area contributed by atoms with Crippen LogP contribution < -0.4 is 5.32 Å². The maximum Gasteiger partial charge on any atom is 0.272 e. The quantitative estimate of drug-likeness (QED) is 0.743. The molecule has 1 fully saturated rings. The number of piperidine rings is 1. The zero-order valence-electron chi connectivity index (χ0n) is 14.9. The maximum atomic E-state index is 14.1. The smallest absolute Gasteiger partial charge is 0.272 e. The number of likely N-dealkylation sites (tertiary alicyclic amines) is 1. The van der Waals surface area contributed by atoms with Gasteiger partial charge in [0.25, 0.3) is 5.91 Å². The summed E-state index contributed by atoms with van der Waals surface area (Å²) in [5, 5.41) is 10.6. The van der Waals surface area contributed by atoms with Gasteiger partial charge in [-0.15, -0.1) is 0 Å². The van der Waals surface area contributed by atoms with Crippen LogP contribution >= 0.6 is 0 Å². The van der Waals surface area contributed by atoms with Crippen LogP contribution in [0.5, 0.6) is 0 Å². The third kappa shape index (κ3) is 3.55. The van der Waals surface area contributed by atoms with Gasteiger partial charge >= 0.3 is 0 Å². The molecule has 0 atom stereocenters. The van der Waals surface area contributed by atoms with Crippen molar-refractivity contribution < 1.29 is 13.6 Å². The van der Waals surface area contributed by atoms with E-state index >= 15 is 0 Å². The van der Waals surface area contributed by atoms with Crippen molar-refractivity contribution in [2.75, 3.05) is 20.1 Å². The molecule has 0 unspecified atom stereocenters. The number of rotatable bonds is 3. The molecule has 27 heavy (non-hydrogen) atoms. The summed E-state index contributed by atoms with van der Waals surface area (Å²) in [6, 6.07) is 8.75. The molecule has 0 spiro atoms. The lowest BCUT2D eigenvalue weighted by molar-refractivity contribution is 0.0913. The van der Waals surface area contributed by atoms with Crippen molar-refractivity contribution in [3.05, 3.63) is 53.7 Å². The Morgan fingerprint density at radius 1 is 1.19 bits per heavy atom. The second-order valence-electron chi connectivity index (χ2n) is 7.01. The number of fused-ring (bicyclic) bond motifs is 1. The number of H-pyrrole nitrogens is 1. The SMILES string of the molecule is CN1CCC(NC(=O)c2n[nH]c3ccc(-c4ccc(F)cc4F)cc23)CC1. The molecule has 2 aromatic carbocycles. The molecule has 2 N–H and O–H groups in total. The first-order valence-corrected chi connectivity index (χ1v) is 8.94. The van der Waals surface area contributed by atoms with Gasteiger partial charge in [-0.2, -0.15) is 5.10 Å². The predicted octanol–water partition coefficient (Wildman–Crippen LogP) is 3.33. The first-order valence-electron chi connectivity index (χ1n) is 8.94. The van der Waals surface area contributed by atoms with Crippen LogP contribution in [0.15, 0.2) is 36.4 Å². The van der Waals surface area contributed by atoms with Gasteiger partial charge in [0, 0.05) is 23.1 Å². The highest BCUT2D eigenvalue weighted by Gasteiger charge is 2.22. The van der Waals surface area contributed by atoms with E-state index in [-0.39, 0.29) is 23.2 Å². The number of aromatic nitrogens is 2. The molecular formula is C20H20F2N4O. The van der Waals surface area contributed by atoms with Gasteiger partial charge in [-0.3, -0.25) is 9.89 Å². The summed E-state index contributed by atoms with van der Waals surface area (Å²) in [7, 11) is 2.06. The Bertz CT molecular complexity index is 993. The summed E-state index contributed by atoms with van der Waals surface area (Å²) >= 11 is 0. The van der Waals surface area contributed by atoms with Crippen molar-refractivity contribution in [3.8, 4) is 11.1 Å². The van der Waals surface area contributed by atoms with E-state index < -0.39 is 11.6 Å². The zero-order valence-corrected chi connectivity index (χ0v) is 14.9. The standard InChI is InChI=1S/C20H20F2N4O/c1-26-8-6-14(7-9-26)23-20(27)19-16-10-12(2-5-18(16)24-25-19)15-4-3-13(21)11-17(15)22/h2-5,10-11,14H,6-9H2,1H3,(H,23,27)(H,24,25). The fourth-order valence-electron chi connectivity index (χ4n) is 3.48. The van der Waals surface area contributed by atoms with Crippen LogP contribution in [0.25, 0.3) is 22.0 Å². The van der Waals surface area contributed by atoms with Crippen molar-refractivity contribution in [2.24, 2.45) is 0 Å². The Hall–Kier alpha value is -2.80. The van der Waals surface area contributed by atoms with Gasteiger partial charge in [0.05, 0.1) is 5.52 Å². The van der Waals surface area contributed by atoms with Crippen LogP contribution in [0, 0.1) is 11.6 Å². The van der Waals surface area contributed by atoms with Crippen molar-refractivity contribution in [2.45, 2.75) is 18.9 Å². The highest BCUT2D eigenvalue weighted by molar-refractivity contribution is 6.05. The number of hydrogen-bond donors (Lipinski definition) is 2. The van der Waals surface area contributed by atoms with E-state index in [0.717, 1.165) is 32.0 Å². The van der Waals surface area contributed by atoms with Crippen LogP contribution in [0.2, 0.25) is 0 Å². The molecule has 3 aromatic rings. The first kappa shape index (κ1) is 17.6. The molecule has 1 amide bonds. The molecule has 0 bridgehead atoms. The third-order valence-corrected chi connectivity index (χ3v) is 5.07. The summed E-state index contributed by atoms with van der Waals surface area (Å²) in [5.41, 5.74) is 1.82. The average Bonchev–Trinajstić information content (AvgIpc) is 3.07. The fraction of sp³-hybridized carbons (Fsp3) is 0.300. The molecule has 1 saturated heterocycles. The Morgan fingerprint density at radius 3 is 2.70 bits per heavy atom. The normalized spacial score (nSPS) is 16.0. The second-order valence-corrected chi connectivity index (χ2v) is 7.01. The minimum atomic E-state index is -0.643. The molecule has 1 aliphatic heterocycles. The number of carbonyl (C=O) groups is 1. The van der Waals surface area contributed by atoms with Crippen molar-refractivity contribution in [1.29, 1.82) is 0 Å².